The van der Waals surface area contributed by atoms with Gasteiger partial charge in [0.15, 0.2) is 11.5 Å². The summed E-state index contributed by atoms with van der Waals surface area (Å²) in [7, 11) is 1.76. The molecule has 3 aromatic heterocycles. The van der Waals surface area contributed by atoms with E-state index in [-0.39, 0.29) is 22.9 Å². The fraction of sp³-hybridized carbons (Fsp3) is 0.565. The summed E-state index contributed by atoms with van der Waals surface area (Å²) < 4.78 is 2.99. The van der Waals surface area contributed by atoms with Gasteiger partial charge in [0.25, 0.3) is 11.6 Å². The summed E-state index contributed by atoms with van der Waals surface area (Å²) in [6.45, 7) is 24.8. The minimum absolute atomic E-state index is 0.204. The van der Waals surface area contributed by atoms with Gasteiger partial charge in [-0.25, -0.2) is 4.85 Å². The number of anilines is 3. The van der Waals surface area contributed by atoms with E-state index in [0.717, 1.165) is 26.2 Å². The van der Waals surface area contributed by atoms with Crippen LogP contribution in [0.5, 0.6) is 0 Å². The monoisotopic (exact) mass is 493 g/mol. The zero-order valence-electron chi connectivity index (χ0n) is 22.3. The van der Waals surface area contributed by atoms with E-state index in [2.05, 4.69) is 35.2 Å². The Kier molecular flexibility index (Phi) is 7.87. The fourth-order valence-corrected chi connectivity index (χ4v) is 3.61. The highest BCUT2D eigenvalue weighted by Gasteiger charge is 2.26. The van der Waals surface area contributed by atoms with E-state index >= 15 is 0 Å². The molecular formula is C23H35N13. The molecule has 0 amide bonds. The normalized spacial score (nSPS) is 11.8. The Labute approximate surface area is 211 Å². The molecule has 0 aromatic carbocycles. The van der Waals surface area contributed by atoms with Gasteiger partial charge in [-0.1, -0.05) is 20.8 Å². The molecule has 0 unspecified atom stereocenters. The van der Waals surface area contributed by atoms with Crippen LogP contribution in [0.15, 0.2) is 16.4 Å². The molecule has 0 fully saturated rings. The van der Waals surface area contributed by atoms with E-state index in [1.165, 1.54) is 10.9 Å². The molecule has 192 valence electrons. The van der Waals surface area contributed by atoms with Crippen LogP contribution >= 0.6 is 0 Å². The van der Waals surface area contributed by atoms with Crippen LogP contribution in [0.1, 0.15) is 54.2 Å². The van der Waals surface area contributed by atoms with Crippen LogP contribution in [0.2, 0.25) is 0 Å². The first-order valence-electron chi connectivity index (χ1n) is 12.1. The Morgan fingerprint density at radius 1 is 0.972 bits per heavy atom. The molecule has 0 radical (unpaired) electrons. The van der Waals surface area contributed by atoms with Gasteiger partial charge in [0, 0.05) is 38.6 Å². The van der Waals surface area contributed by atoms with Gasteiger partial charge >= 0.3 is 0 Å². The number of aryl methyl sites for hydroxylation is 1. The number of azo groups is 1. The number of rotatable bonds is 9. The minimum Gasteiger partial charge on any atom is -0.382 e. The largest absolute Gasteiger partial charge is 0.382 e. The summed E-state index contributed by atoms with van der Waals surface area (Å²) in [6, 6.07) is 0. The highest BCUT2D eigenvalue weighted by molar-refractivity contribution is 5.66. The van der Waals surface area contributed by atoms with Crippen LogP contribution in [0.3, 0.4) is 0 Å². The first-order valence-corrected chi connectivity index (χ1v) is 12.1. The molecule has 0 aliphatic carbocycles. The van der Waals surface area contributed by atoms with E-state index in [0.29, 0.717) is 29.1 Å². The quantitative estimate of drug-likeness (QED) is 0.344. The second kappa shape index (κ2) is 10.7. The molecule has 3 rings (SSSR count). The summed E-state index contributed by atoms with van der Waals surface area (Å²) in [5.41, 5.74) is 7.31. The summed E-state index contributed by atoms with van der Waals surface area (Å²) >= 11 is 0. The molecule has 0 saturated carbocycles. The van der Waals surface area contributed by atoms with Gasteiger partial charge in [-0.2, -0.15) is 29.8 Å². The molecule has 3 heterocycles. The van der Waals surface area contributed by atoms with Crippen molar-refractivity contribution in [3.05, 3.63) is 23.3 Å². The third kappa shape index (κ3) is 5.12. The lowest BCUT2D eigenvalue weighted by atomic mass is 9.91. The van der Waals surface area contributed by atoms with Crippen molar-refractivity contribution in [1.29, 1.82) is 0 Å². The fourth-order valence-electron chi connectivity index (χ4n) is 3.61. The standard InChI is InChI=1S/C23H35N13/c1-10-34(11-2)20-27-21(35(12-3)13-4)29-22(28-20)36-19(15(25-8)14-26-36)31-30-16-17(23(5,6)7)32-33(9)18(16)24/h14H,10-13,24H2,1-7,9H3. The summed E-state index contributed by atoms with van der Waals surface area (Å²) in [6.07, 6.45) is 1.43. The third-order valence-electron chi connectivity index (χ3n) is 5.75. The highest BCUT2D eigenvalue weighted by atomic mass is 15.4. The number of hydrogen-bond acceptors (Lipinski definition) is 10. The van der Waals surface area contributed by atoms with Crippen molar-refractivity contribution in [1.82, 2.24) is 34.5 Å². The van der Waals surface area contributed by atoms with Gasteiger partial charge in [-0.3, -0.25) is 4.68 Å². The average molecular weight is 494 g/mol. The van der Waals surface area contributed by atoms with E-state index in [4.69, 9.17) is 17.3 Å². The lowest BCUT2D eigenvalue weighted by Gasteiger charge is -2.23. The van der Waals surface area contributed by atoms with Crippen LogP contribution in [-0.2, 0) is 12.5 Å². The van der Waals surface area contributed by atoms with E-state index in [1.54, 1.807) is 11.7 Å². The van der Waals surface area contributed by atoms with Crippen LogP contribution in [0.4, 0.5) is 34.9 Å². The molecule has 0 spiro atoms. The van der Waals surface area contributed by atoms with Crippen molar-refractivity contribution in [3.8, 4) is 5.95 Å². The maximum Gasteiger partial charge on any atom is 0.257 e. The van der Waals surface area contributed by atoms with Crippen molar-refractivity contribution in [2.24, 2.45) is 17.3 Å². The van der Waals surface area contributed by atoms with Crippen molar-refractivity contribution < 1.29 is 0 Å². The van der Waals surface area contributed by atoms with E-state index in [1.807, 2.05) is 58.3 Å². The molecule has 36 heavy (non-hydrogen) atoms. The predicted molar refractivity (Wildman–Crippen MR) is 141 cm³/mol. The number of nitrogen functional groups attached to an aromatic ring is 1. The molecule has 2 N–H and O–H groups in total. The predicted octanol–water partition coefficient (Wildman–Crippen LogP) is 4.33. The minimum atomic E-state index is -0.307. The summed E-state index contributed by atoms with van der Waals surface area (Å²) in [5.74, 6) is 1.90. The zero-order chi connectivity index (χ0) is 26.6. The highest BCUT2D eigenvalue weighted by Crippen LogP contribution is 2.38. The third-order valence-corrected chi connectivity index (χ3v) is 5.75. The Morgan fingerprint density at radius 3 is 2.00 bits per heavy atom. The van der Waals surface area contributed by atoms with Gasteiger partial charge in [0.1, 0.15) is 5.82 Å². The molecule has 0 atom stereocenters. The number of nitrogens with two attached hydrogens (primary N) is 1. The molecule has 13 heteroatoms. The molecule has 0 bridgehead atoms. The zero-order valence-corrected chi connectivity index (χ0v) is 22.3. The van der Waals surface area contributed by atoms with Crippen molar-refractivity contribution >= 4 is 34.9 Å². The molecule has 0 aliphatic rings. The van der Waals surface area contributed by atoms with Crippen molar-refractivity contribution in [2.75, 3.05) is 41.7 Å². The Hall–Kier alpha value is -4.08. The lowest BCUT2D eigenvalue weighted by Crippen LogP contribution is -2.29. The SMILES string of the molecule is [C-]#[N+]c1cnn(-c2nc(N(CC)CC)nc(N(CC)CC)n2)c1N=Nc1c(C(C)(C)C)nn(C)c1N. The molecule has 0 saturated heterocycles. The topological polar surface area (TPSA) is 136 Å². The Bertz CT molecular complexity index is 1230. The Balaban J connectivity index is 2.20. The van der Waals surface area contributed by atoms with Gasteiger partial charge in [-0.05, 0) is 27.7 Å². The van der Waals surface area contributed by atoms with Crippen LogP contribution in [0.25, 0.3) is 10.8 Å². The van der Waals surface area contributed by atoms with Gasteiger partial charge in [0.2, 0.25) is 11.9 Å². The molecule has 0 aliphatic heterocycles. The number of hydrogen-bond donors (Lipinski definition) is 1. The smallest absolute Gasteiger partial charge is 0.257 e. The number of nitrogens with zero attached hydrogens (tertiary/aromatic N) is 12. The maximum absolute atomic E-state index is 7.63. The second-order valence-electron chi connectivity index (χ2n) is 9.11. The number of aromatic nitrogens is 7. The van der Waals surface area contributed by atoms with Crippen molar-refractivity contribution in [3.63, 3.8) is 0 Å². The van der Waals surface area contributed by atoms with Gasteiger partial charge < -0.3 is 15.5 Å². The molecule has 13 nitrogen and oxygen atoms in total. The lowest BCUT2D eigenvalue weighted by molar-refractivity contribution is 0.554. The van der Waals surface area contributed by atoms with Crippen molar-refractivity contribution in [2.45, 2.75) is 53.9 Å². The van der Waals surface area contributed by atoms with Crippen LogP contribution in [0, 0.1) is 6.57 Å². The van der Waals surface area contributed by atoms with E-state index < -0.39 is 0 Å². The Morgan fingerprint density at radius 2 is 1.53 bits per heavy atom. The molecular weight excluding hydrogens is 458 g/mol. The van der Waals surface area contributed by atoms with Crippen LogP contribution in [-0.4, -0.2) is 60.7 Å². The maximum atomic E-state index is 7.63. The van der Waals surface area contributed by atoms with Gasteiger partial charge in [0.05, 0.1) is 18.5 Å². The average Bonchev–Trinajstić information content (AvgIpc) is 3.39. The first kappa shape index (κ1) is 26.5. The molecule has 3 aromatic rings. The van der Waals surface area contributed by atoms with E-state index in [9.17, 15) is 0 Å². The second-order valence-corrected chi connectivity index (χ2v) is 9.11. The summed E-state index contributed by atoms with van der Waals surface area (Å²) in [4.78, 5) is 21.7. The summed E-state index contributed by atoms with van der Waals surface area (Å²) in [5, 5.41) is 17.7. The van der Waals surface area contributed by atoms with Crippen LogP contribution < -0.4 is 15.5 Å². The van der Waals surface area contributed by atoms with Gasteiger partial charge in [-0.15, -0.1) is 10.2 Å². The first-order chi connectivity index (χ1) is 17.1.